The van der Waals surface area contributed by atoms with E-state index in [-0.39, 0.29) is 12.5 Å². The van der Waals surface area contributed by atoms with Crippen molar-refractivity contribution in [1.82, 2.24) is 5.32 Å². The zero-order valence-electron chi connectivity index (χ0n) is 19.9. The SMILES string of the molecule is CC(NC(=O)OCC1c2ccccc2-c2ccccc21)(C(=O)O)C(c1ccccc1)c1ccccc1. The average Bonchev–Trinajstić information content (AvgIpc) is 3.22. The normalized spacial score (nSPS) is 13.9. The summed E-state index contributed by atoms with van der Waals surface area (Å²) in [6.45, 7) is 1.64. The molecular formula is C31H27NO4. The Morgan fingerprint density at radius 1 is 0.778 bits per heavy atom. The maximum Gasteiger partial charge on any atom is 0.408 e. The monoisotopic (exact) mass is 477 g/mol. The van der Waals surface area contributed by atoms with Crippen molar-refractivity contribution < 1.29 is 19.4 Å². The van der Waals surface area contributed by atoms with Crippen molar-refractivity contribution >= 4 is 12.1 Å². The summed E-state index contributed by atoms with van der Waals surface area (Å²) in [5.74, 6) is -1.88. The van der Waals surface area contributed by atoms with Crippen LogP contribution in [0.4, 0.5) is 4.79 Å². The van der Waals surface area contributed by atoms with Crippen LogP contribution in [0.2, 0.25) is 0 Å². The molecule has 1 aliphatic rings. The minimum Gasteiger partial charge on any atom is -0.479 e. The van der Waals surface area contributed by atoms with E-state index in [2.05, 4.69) is 17.4 Å². The topological polar surface area (TPSA) is 75.6 Å². The largest absolute Gasteiger partial charge is 0.479 e. The Hall–Kier alpha value is -4.38. The molecule has 0 aromatic heterocycles. The van der Waals surface area contributed by atoms with E-state index >= 15 is 0 Å². The van der Waals surface area contributed by atoms with Gasteiger partial charge in [0, 0.05) is 11.8 Å². The fraction of sp³-hybridized carbons (Fsp3) is 0.161. The number of alkyl carbamates (subject to hydrolysis) is 1. The molecule has 4 aromatic carbocycles. The number of carboxylic acid groups (broad SMARTS) is 1. The van der Waals surface area contributed by atoms with Gasteiger partial charge in [0.15, 0.2) is 0 Å². The number of hydrogen-bond donors (Lipinski definition) is 2. The van der Waals surface area contributed by atoms with Gasteiger partial charge >= 0.3 is 12.1 Å². The first-order valence-electron chi connectivity index (χ1n) is 12.0. The zero-order chi connectivity index (χ0) is 25.1. The highest BCUT2D eigenvalue weighted by atomic mass is 16.5. The first-order valence-corrected chi connectivity index (χ1v) is 12.0. The lowest BCUT2D eigenvalue weighted by Gasteiger charge is -2.35. The van der Waals surface area contributed by atoms with E-state index < -0.39 is 23.5 Å². The zero-order valence-corrected chi connectivity index (χ0v) is 19.9. The third-order valence-electron chi connectivity index (χ3n) is 6.99. The highest BCUT2D eigenvalue weighted by Crippen LogP contribution is 2.44. The molecule has 1 amide bonds. The average molecular weight is 478 g/mol. The van der Waals surface area contributed by atoms with Crippen LogP contribution in [0.15, 0.2) is 109 Å². The molecule has 4 aromatic rings. The Balaban J connectivity index is 1.41. The van der Waals surface area contributed by atoms with E-state index in [1.54, 1.807) is 0 Å². The second-order valence-corrected chi connectivity index (χ2v) is 9.21. The summed E-state index contributed by atoms with van der Waals surface area (Å²) in [5.41, 5.74) is 4.38. The van der Waals surface area contributed by atoms with Crippen LogP contribution in [0, 0.1) is 0 Å². The van der Waals surface area contributed by atoms with Crippen LogP contribution >= 0.6 is 0 Å². The van der Waals surface area contributed by atoms with Crippen molar-refractivity contribution in [3.05, 3.63) is 131 Å². The van der Waals surface area contributed by atoms with Crippen molar-refractivity contribution in [2.45, 2.75) is 24.3 Å². The fourth-order valence-corrected chi connectivity index (χ4v) is 5.25. The molecule has 0 fully saturated rings. The fourth-order valence-electron chi connectivity index (χ4n) is 5.25. The van der Waals surface area contributed by atoms with Crippen molar-refractivity contribution in [2.75, 3.05) is 6.61 Å². The summed E-state index contributed by atoms with van der Waals surface area (Å²) in [6.07, 6.45) is -0.765. The molecule has 1 atom stereocenters. The van der Waals surface area contributed by atoms with Crippen molar-refractivity contribution in [3.8, 4) is 11.1 Å². The van der Waals surface area contributed by atoms with Gasteiger partial charge in [-0.2, -0.15) is 0 Å². The minimum atomic E-state index is -1.65. The number of hydrogen-bond acceptors (Lipinski definition) is 3. The van der Waals surface area contributed by atoms with E-state index in [4.69, 9.17) is 4.74 Å². The molecule has 0 aliphatic heterocycles. The molecule has 1 aliphatic carbocycles. The van der Waals surface area contributed by atoms with Crippen LogP contribution in [-0.2, 0) is 9.53 Å². The number of benzene rings is 4. The number of fused-ring (bicyclic) bond motifs is 3. The molecule has 0 heterocycles. The van der Waals surface area contributed by atoms with Gasteiger partial charge in [-0.25, -0.2) is 9.59 Å². The van der Waals surface area contributed by atoms with Crippen LogP contribution in [0.5, 0.6) is 0 Å². The van der Waals surface area contributed by atoms with Crippen molar-refractivity contribution in [2.24, 2.45) is 0 Å². The lowest BCUT2D eigenvalue weighted by molar-refractivity contribution is -0.144. The first-order chi connectivity index (χ1) is 17.5. The molecule has 0 bridgehead atoms. The van der Waals surface area contributed by atoms with Gasteiger partial charge in [-0.3, -0.25) is 0 Å². The molecule has 5 nitrogen and oxygen atoms in total. The Labute approximate surface area is 210 Å². The number of aliphatic carboxylic acids is 1. The van der Waals surface area contributed by atoms with E-state index in [9.17, 15) is 14.7 Å². The van der Waals surface area contributed by atoms with Gasteiger partial charge in [0.1, 0.15) is 12.1 Å². The standard InChI is InChI=1S/C31H27NO4/c1-31(29(33)34,28(21-12-4-2-5-13-21)22-14-6-3-7-15-22)32-30(35)36-20-27-25-18-10-8-16-23(25)24-17-9-11-19-26(24)27/h2-19,27-28H,20H2,1H3,(H,32,35)(H,33,34). The van der Waals surface area contributed by atoms with Crippen LogP contribution in [0.3, 0.4) is 0 Å². The Morgan fingerprint density at radius 2 is 1.22 bits per heavy atom. The molecule has 36 heavy (non-hydrogen) atoms. The molecule has 5 heteroatoms. The van der Waals surface area contributed by atoms with Crippen molar-refractivity contribution in [3.63, 3.8) is 0 Å². The summed E-state index contributed by atoms with van der Waals surface area (Å²) in [7, 11) is 0. The summed E-state index contributed by atoms with van der Waals surface area (Å²) in [4.78, 5) is 25.8. The van der Waals surface area contributed by atoms with Crippen LogP contribution in [0.1, 0.15) is 41.0 Å². The molecule has 0 saturated carbocycles. The summed E-state index contributed by atoms with van der Waals surface area (Å²) in [6, 6.07) is 34.9. The number of rotatable bonds is 7. The third-order valence-corrected chi connectivity index (χ3v) is 6.99. The molecule has 5 rings (SSSR count). The molecule has 0 saturated heterocycles. The van der Waals surface area contributed by atoms with Crippen LogP contribution in [0.25, 0.3) is 11.1 Å². The highest BCUT2D eigenvalue weighted by molar-refractivity contribution is 5.86. The number of ether oxygens (including phenoxy) is 1. The predicted molar refractivity (Wildman–Crippen MR) is 139 cm³/mol. The number of carboxylic acids is 1. The number of carbonyl (C=O) groups is 2. The van der Waals surface area contributed by atoms with E-state index in [0.29, 0.717) is 0 Å². The molecular weight excluding hydrogens is 450 g/mol. The Morgan fingerprint density at radius 3 is 1.69 bits per heavy atom. The van der Waals surface area contributed by atoms with Gasteiger partial charge in [-0.1, -0.05) is 109 Å². The van der Waals surface area contributed by atoms with E-state index in [1.807, 2.05) is 97.1 Å². The third kappa shape index (κ3) is 4.24. The molecule has 0 spiro atoms. The maximum atomic E-state index is 13.1. The Bertz CT molecular complexity index is 1300. The molecule has 180 valence electrons. The highest BCUT2D eigenvalue weighted by Gasteiger charge is 2.45. The van der Waals surface area contributed by atoms with Gasteiger partial charge < -0.3 is 15.2 Å². The van der Waals surface area contributed by atoms with Gasteiger partial charge in [0.2, 0.25) is 0 Å². The predicted octanol–water partition coefficient (Wildman–Crippen LogP) is 6.20. The lowest BCUT2D eigenvalue weighted by Crippen LogP contribution is -2.56. The lowest BCUT2D eigenvalue weighted by atomic mass is 9.76. The quantitative estimate of drug-likeness (QED) is 0.332. The van der Waals surface area contributed by atoms with Gasteiger partial charge in [-0.05, 0) is 40.3 Å². The minimum absolute atomic E-state index is 0.108. The Kier molecular flexibility index (Phi) is 6.30. The van der Waals surface area contributed by atoms with Gasteiger partial charge in [0.25, 0.3) is 0 Å². The second kappa shape index (κ2) is 9.70. The molecule has 0 radical (unpaired) electrons. The summed E-state index contributed by atoms with van der Waals surface area (Å²) >= 11 is 0. The molecule has 2 N–H and O–H groups in total. The van der Waals surface area contributed by atoms with Crippen LogP contribution in [-0.4, -0.2) is 29.3 Å². The second-order valence-electron chi connectivity index (χ2n) is 9.21. The summed E-state index contributed by atoms with van der Waals surface area (Å²) < 4.78 is 5.69. The summed E-state index contributed by atoms with van der Waals surface area (Å²) in [5, 5.41) is 13.0. The maximum absolute atomic E-state index is 13.1. The van der Waals surface area contributed by atoms with E-state index in [1.165, 1.54) is 6.92 Å². The van der Waals surface area contributed by atoms with Gasteiger partial charge in [-0.15, -0.1) is 0 Å². The number of carbonyl (C=O) groups excluding carboxylic acids is 1. The molecule has 1 unspecified atom stereocenters. The van der Waals surface area contributed by atoms with E-state index in [0.717, 1.165) is 33.4 Å². The first kappa shape index (κ1) is 23.4. The van der Waals surface area contributed by atoms with Gasteiger partial charge in [0.05, 0.1) is 0 Å². The number of nitrogens with one attached hydrogen (secondary N) is 1. The van der Waals surface area contributed by atoms with Crippen LogP contribution < -0.4 is 5.32 Å². The van der Waals surface area contributed by atoms with Crippen molar-refractivity contribution in [1.29, 1.82) is 0 Å². The smallest absolute Gasteiger partial charge is 0.408 e. The number of amides is 1.